The highest BCUT2D eigenvalue weighted by Crippen LogP contribution is 2.33. The van der Waals surface area contributed by atoms with E-state index in [9.17, 15) is 0 Å². The number of ether oxygens (including phenoxy) is 1. The number of hydrogen-bond donors (Lipinski definition) is 1. The molecule has 0 aromatic carbocycles. The van der Waals surface area contributed by atoms with E-state index < -0.39 is 0 Å². The fourth-order valence-corrected chi connectivity index (χ4v) is 4.08. The van der Waals surface area contributed by atoms with Crippen LogP contribution in [0, 0.1) is 18.3 Å². The smallest absolute Gasteiger partial charge is 0.139 e. The first-order chi connectivity index (χ1) is 11.0. The second-order valence-electron chi connectivity index (χ2n) is 7.26. The highest BCUT2D eigenvalue weighted by atomic mass is 79.9. The zero-order valence-electron chi connectivity index (χ0n) is 14.2. The molecule has 0 atom stereocenters. The molecule has 0 unspecified atom stereocenters. The van der Waals surface area contributed by atoms with Crippen LogP contribution in [0.2, 0.25) is 0 Å². The predicted molar refractivity (Wildman–Crippen MR) is 96.7 cm³/mol. The molecule has 5 heteroatoms. The molecule has 3 heterocycles. The van der Waals surface area contributed by atoms with Crippen molar-refractivity contribution in [3.63, 3.8) is 0 Å². The van der Waals surface area contributed by atoms with Crippen molar-refractivity contribution in [3.8, 4) is 0 Å². The first kappa shape index (κ1) is 16.9. The first-order valence-corrected chi connectivity index (χ1v) is 9.17. The highest BCUT2D eigenvalue weighted by Gasteiger charge is 2.30. The van der Waals surface area contributed by atoms with Gasteiger partial charge in [0.05, 0.1) is 11.9 Å². The van der Waals surface area contributed by atoms with E-state index in [2.05, 4.69) is 63.7 Å². The molecule has 0 radical (unpaired) electrons. The number of nitrogens with one attached hydrogen (secondary N) is 1. The molecule has 0 bridgehead atoms. The predicted octanol–water partition coefficient (Wildman–Crippen LogP) is 3.95. The van der Waals surface area contributed by atoms with E-state index in [1.165, 1.54) is 24.1 Å². The van der Waals surface area contributed by atoms with Crippen LogP contribution in [0.1, 0.15) is 37.9 Å². The molecule has 4 nitrogen and oxygen atoms in total. The first-order valence-electron chi connectivity index (χ1n) is 8.38. The third-order valence-electron chi connectivity index (χ3n) is 5.05. The van der Waals surface area contributed by atoms with Crippen molar-refractivity contribution in [2.45, 2.75) is 40.2 Å². The maximum Gasteiger partial charge on any atom is 0.139 e. The lowest BCUT2D eigenvalue weighted by Gasteiger charge is -2.37. The quantitative estimate of drug-likeness (QED) is 0.854. The van der Waals surface area contributed by atoms with Gasteiger partial charge in [-0.1, -0.05) is 13.8 Å². The minimum Gasteiger partial charge on any atom is -0.381 e. The van der Waals surface area contributed by atoms with Gasteiger partial charge in [-0.2, -0.15) is 0 Å². The fraction of sp³-hybridized carbons (Fsp3) is 0.611. The van der Waals surface area contributed by atoms with Crippen LogP contribution >= 0.6 is 15.9 Å². The van der Waals surface area contributed by atoms with Crippen LogP contribution < -0.4 is 5.32 Å². The molecule has 0 amide bonds. The molecule has 23 heavy (non-hydrogen) atoms. The summed E-state index contributed by atoms with van der Waals surface area (Å²) < 4.78 is 8.75. The van der Waals surface area contributed by atoms with E-state index in [-0.39, 0.29) is 0 Å². The van der Waals surface area contributed by atoms with Crippen LogP contribution in [0.5, 0.6) is 0 Å². The number of aromatic nitrogens is 2. The van der Waals surface area contributed by atoms with Crippen molar-refractivity contribution in [2.75, 3.05) is 19.8 Å². The van der Waals surface area contributed by atoms with Crippen LogP contribution in [-0.4, -0.2) is 29.1 Å². The molecule has 0 aliphatic carbocycles. The number of rotatable bonds is 5. The maximum absolute atomic E-state index is 5.49. The summed E-state index contributed by atoms with van der Waals surface area (Å²) in [5.74, 6) is 0.738. The molecular weight excluding hydrogens is 354 g/mol. The SMILES string of the molecule is Cc1cc(Br)cn2c(CNCC(C)(C)C3CCOCC3)cnc12. The van der Waals surface area contributed by atoms with Gasteiger partial charge < -0.3 is 14.5 Å². The van der Waals surface area contributed by atoms with Gasteiger partial charge >= 0.3 is 0 Å². The number of nitrogens with zero attached hydrogens (tertiary/aromatic N) is 2. The highest BCUT2D eigenvalue weighted by molar-refractivity contribution is 9.10. The third kappa shape index (κ3) is 3.78. The van der Waals surface area contributed by atoms with E-state index in [1.54, 1.807) is 0 Å². The third-order valence-corrected chi connectivity index (χ3v) is 5.48. The molecule has 2 aromatic rings. The summed E-state index contributed by atoms with van der Waals surface area (Å²) in [4.78, 5) is 4.55. The molecule has 1 saturated heterocycles. The van der Waals surface area contributed by atoms with Crippen molar-refractivity contribution in [2.24, 2.45) is 11.3 Å². The average molecular weight is 380 g/mol. The molecule has 1 aliphatic rings. The standard InChI is InChI=1S/C18H26BrN3O/c1-13-8-15(19)11-22-16(10-21-17(13)22)9-20-12-18(2,3)14-4-6-23-7-5-14/h8,10-11,14,20H,4-7,9,12H2,1-3H3. The summed E-state index contributed by atoms with van der Waals surface area (Å²) in [7, 11) is 0. The summed E-state index contributed by atoms with van der Waals surface area (Å²) in [5.41, 5.74) is 3.72. The van der Waals surface area contributed by atoms with Crippen molar-refractivity contribution >= 4 is 21.6 Å². The van der Waals surface area contributed by atoms with Gasteiger partial charge in [0.15, 0.2) is 0 Å². The Morgan fingerprint density at radius 1 is 1.39 bits per heavy atom. The lowest BCUT2D eigenvalue weighted by molar-refractivity contribution is 0.0227. The number of aryl methyl sites for hydroxylation is 1. The molecule has 1 fully saturated rings. The Morgan fingerprint density at radius 2 is 2.13 bits per heavy atom. The molecule has 3 rings (SSSR count). The Bertz CT molecular complexity index is 674. The topological polar surface area (TPSA) is 38.6 Å². The maximum atomic E-state index is 5.49. The summed E-state index contributed by atoms with van der Waals surface area (Å²) in [6.07, 6.45) is 6.42. The van der Waals surface area contributed by atoms with Crippen LogP contribution in [0.25, 0.3) is 5.65 Å². The monoisotopic (exact) mass is 379 g/mol. The number of fused-ring (bicyclic) bond motifs is 1. The van der Waals surface area contributed by atoms with Crippen LogP contribution in [-0.2, 0) is 11.3 Å². The molecule has 0 saturated carbocycles. The second-order valence-corrected chi connectivity index (χ2v) is 8.18. The van der Waals surface area contributed by atoms with Crippen molar-refractivity contribution in [1.29, 1.82) is 0 Å². The van der Waals surface area contributed by atoms with E-state index in [0.29, 0.717) is 5.41 Å². The Balaban J connectivity index is 1.64. The van der Waals surface area contributed by atoms with E-state index in [0.717, 1.165) is 42.3 Å². The summed E-state index contributed by atoms with van der Waals surface area (Å²) >= 11 is 3.57. The summed E-state index contributed by atoms with van der Waals surface area (Å²) in [6, 6.07) is 2.10. The van der Waals surface area contributed by atoms with Gasteiger partial charge in [0, 0.05) is 37.0 Å². The van der Waals surface area contributed by atoms with Gasteiger partial charge in [0.1, 0.15) is 5.65 Å². The Morgan fingerprint density at radius 3 is 2.87 bits per heavy atom. The molecule has 0 spiro atoms. The zero-order valence-corrected chi connectivity index (χ0v) is 15.8. The Labute approximate surface area is 146 Å². The lowest BCUT2D eigenvalue weighted by atomic mass is 9.74. The second kappa shape index (κ2) is 6.91. The Hall–Kier alpha value is -0.910. The van der Waals surface area contributed by atoms with Gasteiger partial charge in [0.2, 0.25) is 0 Å². The minimum atomic E-state index is 0.292. The zero-order chi connectivity index (χ0) is 16.4. The molecule has 126 valence electrons. The average Bonchev–Trinajstić information content (AvgIpc) is 2.91. The minimum absolute atomic E-state index is 0.292. The van der Waals surface area contributed by atoms with E-state index in [1.807, 2.05) is 6.20 Å². The van der Waals surface area contributed by atoms with E-state index in [4.69, 9.17) is 4.74 Å². The number of halogens is 1. The van der Waals surface area contributed by atoms with Crippen molar-refractivity contribution < 1.29 is 4.74 Å². The fourth-order valence-electron chi connectivity index (χ4n) is 3.53. The number of hydrogen-bond acceptors (Lipinski definition) is 3. The van der Waals surface area contributed by atoms with Gasteiger partial charge in [-0.3, -0.25) is 0 Å². The largest absolute Gasteiger partial charge is 0.381 e. The molecule has 2 aromatic heterocycles. The van der Waals surface area contributed by atoms with Crippen LogP contribution in [0.3, 0.4) is 0 Å². The van der Waals surface area contributed by atoms with Crippen molar-refractivity contribution in [3.05, 3.63) is 34.2 Å². The van der Waals surface area contributed by atoms with Gasteiger partial charge in [0.25, 0.3) is 0 Å². The van der Waals surface area contributed by atoms with Gasteiger partial charge in [-0.25, -0.2) is 4.98 Å². The number of pyridine rings is 1. The number of imidazole rings is 1. The van der Waals surface area contributed by atoms with Crippen LogP contribution in [0.4, 0.5) is 0 Å². The van der Waals surface area contributed by atoms with Gasteiger partial charge in [-0.15, -0.1) is 0 Å². The Kier molecular flexibility index (Phi) is 5.09. The van der Waals surface area contributed by atoms with Crippen molar-refractivity contribution in [1.82, 2.24) is 14.7 Å². The van der Waals surface area contributed by atoms with Crippen LogP contribution in [0.15, 0.2) is 22.9 Å². The summed E-state index contributed by atoms with van der Waals surface area (Å²) in [5, 5.41) is 3.64. The van der Waals surface area contributed by atoms with E-state index >= 15 is 0 Å². The summed E-state index contributed by atoms with van der Waals surface area (Å²) in [6.45, 7) is 10.5. The normalized spacial score (nSPS) is 17.0. The molecule has 1 N–H and O–H groups in total. The van der Waals surface area contributed by atoms with Gasteiger partial charge in [-0.05, 0) is 58.7 Å². The lowest BCUT2D eigenvalue weighted by Crippen LogP contribution is -2.38. The molecule has 1 aliphatic heterocycles. The molecular formula is C18H26BrN3O.